The predicted molar refractivity (Wildman–Crippen MR) is 93.0 cm³/mol. The Balaban J connectivity index is 1.47. The van der Waals surface area contributed by atoms with Gasteiger partial charge in [0.1, 0.15) is 0 Å². The fourth-order valence-corrected chi connectivity index (χ4v) is 4.11. The zero-order valence-corrected chi connectivity index (χ0v) is 14.5. The minimum atomic E-state index is -0.0482. The van der Waals surface area contributed by atoms with Gasteiger partial charge < -0.3 is 10.5 Å². The maximum Gasteiger partial charge on any atom is 0.0994 e. The third-order valence-corrected chi connectivity index (χ3v) is 5.54. The fraction of sp³-hybridized carbons (Fsp3) is 0.556. The number of nitrogens with two attached hydrogens (primary N) is 1. The molecular formula is C18H23ClN4O. The van der Waals surface area contributed by atoms with Gasteiger partial charge in [0.15, 0.2) is 0 Å². The summed E-state index contributed by atoms with van der Waals surface area (Å²) in [6, 6.07) is 6.32. The molecule has 1 saturated heterocycles. The lowest BCUT2D eigenvalue weighted by Crippen LogP contribution is -2.21. The number of aryl methyl sites for hydroxylation is 1. The van der Waals surface area contributed by atoms with Gasteiger partial charge in [-0.2, -0.15) is 0 Å². The van der Waals surface area contributed by atoms with E-state index in [9.17, 15) is 0 Å². The van der Waals surface area contributed by atoms with E-state index < -0.39 is 0 Å². The van der Waals surface area contributed by atoms with Crippen LogP contribution in [0.1, 0.15) is 54.6 Å². The zero-order valence-electron chi connectivity index (χ0n) is 13.7. The highest BCUT2D eigenvalue weighted by Crippen LogP contribution is 2.35. The molecule has 128 valence electrons. The average molecular weight is 347 g/mol. The molecule has 2 atom stereocenters. The normalized spacial score (nSPS) is 22.5. The van der Waals surface area contributed by atoms with Crippen LogP contribution in [-0.4, -0.2) is 28.2 Å². The number of benzene rings is 1. The van der Waals surface area contributed by atoms with Crippen molar-refractivity contribution in [3.63, 3.8) is 0 Å². The number of fused-ring (bicyclic) bond motifs is 1. The molecule has 1 aromatic carbocycles. The smallest absolute Gasteiger partial charge is 0.0994 e. The number of halogens is 1. The number of aromatic nitrogens is 3. The van der Waals surface area contributed by atoms with E-state index in [1.165, 1.54) is 11.1 Å². The molecular weight excluding hydrogens is 324 g/mol. The van der Waals surface area contributed by atoms with Crippen molar-refractivity contribution in [2.24, 2.45) is 11.7 Å². The molecule has 2 heterocycles. The SMILES string of the molecule is NC(CC1CCOCC1)c1cn([C@@H]2CCc3cc(Cl)ccc32)nn1. The number of ether oxygens (including phenoxy) is 1. The lowest BCUT2D eigenvalue weighted by molar-refractivity contribution is 0.0617. The Morgan fingerprint density at radius 2 is 2.12 bits per heavy atom. The molecule has 0 radical (unpaired) electrons. The van der Waals surface area contributed by atoms with E-state index in [0.717, 1.165) is 56.0 Å². The molecule has 24 heavy (non-hydrogen) atoms. The molecule has 2 aromatic rings. The summed E-state index contributed by atoms with van der Waals surface area (Å²) in [6.07, 6.45) is 7.24. The summed E-state index contributed by atoms with van der Waals surface area (Å²) in [5, 5.41) is 9.51. The van der Waals surface area contributed by atoms with Crippen molar-refractivity contribution in [1.29, 1.82) is 0 Å². The van der Waals surface area contributed by atoms with Crippen LogP contribution in [0.4, 0.5) is 0 Å². The first-order valence-electron chi connectivity index (χ1n) is 8.74. The Labute approximate surface area is 147 Å². The van der Waals surface area contributed by atoms with E-state index in [4.69, 9.17) is 22.1 Å². The van der Waals surface area contributed by atoms with Gasteiger partial charge in [-0.1, -0.05) is 22.9 Å². The Hall–Kier alpha value is -1.43. The zero-order chi connectivity index (χ0) is 16.5. The molecule has 1 aromatic heterocycles. The van der Waals surface area contributed by atoms with Gasteiger partial charge >= 0.3 is 0 Å². The molecule has 5 nitrogen and oxygen atoms in total. The Bertz CT molecular complexity index is 711. The van der Waals surface area contributed by atoms with E-state index in [2.05, 4.69) is 22.4 Å². The second kappa shape index (κ2) is 6.82. The number of hydrogen-bond acceptors (Lipinski definition) is 4. The van der Waals surface area contributed by atoms with E-state index in [-0.39, 0.29) is 12.1 Å². The Morgan fingerprint density at radius 1 is 1.29 bits per heavy atom. The highest BCUT2D eigenvalue weighted by atomic mass is 35.5. The molecule has 2 aliphatic rings. The van der Waals surface area contributed by atoms with Crippen LogP contribution in [0.15, 0.2) is 24.4 Å². The summed E-state index contributed by atoms with van der Waals surface area (Å²) in [7, 11) is 0. The minimum Gasteiger partial charge on any atom is -0.381 e. The van der Waals surface area contributed by atoms with Gasteiger partial charge in [0.2, 0.25) is 0 Å². The third-order valence-electron chi connectivity index (χ3n) is 5.31. The van der Waals surface area contributed by atoms with Crippen molar-refractivity contribution in [3.05, 3.63) is 46.2 Å². The summed E-state index contributed by atoms with van der Waals surface area (Å²) < 4.78 is 7.39. The van der Waals surface area contributed by atoms with Crippen LogP contribution in [0.3, 0.4) is 0 Å². The minimum absolute atomic E-state index is 0.0482. The molecule has 0 saturated carbocycles. The number of rotatable bonds is 4. The van der Waals surface area contributed by atoms with Gasteiger partial charge in [-0.05, 0) is 61.3 Å². The van der Waals surface area contributed by atoms with Crippen LogP contribution in [0.5, 0.6) is 0 Å². The lowest BCUT2D eigenvalue weighted by atomic mass is 9.92. The monoisotopic (exact) mass is 346 g/mol. The van der Waals surface area contributed by atoms with Crippen LogP contribution in [0, 0.1) is 5.92 Å². The summed E-state index contributed by atoms with van der Waals surface area (Å²) in [6.45, 7) is 1.71. The molecule has 0 amide bonds. The molecule has 2 N–H and O–H groups in total. The quantitative estimate of drug-likeness (QED) is 0.922. The molecule has 1 fully saturated rings. The van der Waals surface area contributed by atoms with Crippen LogP contribution in [0.25, 0.3) is 0 Å². The second-order valence-electron chi connectivity index (χ2n) is 6.92. The van der Waals surface area contributed by atoms with Crippen LogP contribution in [-0.2, 0) is 11.2 Å². The van der Waals surface area contributed by atoms with Gasteiger partial charge in [0, 0.05) is 18.2 Å². The number of hydrogen-bond donors (Lipinski definition) is 1. The lowest BCUT2D eigenvalue weighted by Gasteiger charge is -2.23. The highest BCUT2D eigenvalue weighted by molar-refractivity contribution is 6.30. The largest absolute Gasteiger partial charge is 0.381 e. The maximum atomic E-state index is 6.38. The molecule has 0 spiro atoms. The summed E-state index contributed by atoms with van der Waals surface area (Å²) >= 11 is 6.10. The van der Waals surface area contributed by atoms with Crippen molar-refractivity contribution < 1.29 is 4.74 Å². The van der Waals surface area contributed by atoms with Crippen molar-refractivity contribution >= 4 is 11.6 Å². The van der Waals surface area contributed by atoms with Crippen LogP contribution in [0.2, 0.25) is 5.02 Å². The number of nitrogens with zero attached hydrogens (tertiary/aromatic N) is 3. The standard InChI is InChI=1S/C18H23ClN4O/c19-14-2-3-15-13(10-14)1-4-18(15)23-11-17(21-22-23)16(20)9-12-5-7-24-8-6-12/h2-3,10-12,16,18H,1,4-9,20H2/t16?,18-/m1/s1. The first-order chi connectivity index (χ1) is 11.7. The average Bonchev–Trinajstić information content (AvgIpc) is 3.21. The first kappa shape index (κ1) is 16.1. The van der Waals surface area contributed by atoms with Crippen molar-refractivity contribution in [1.82, 2.24) is 15.0 Å². The highest BCUT2D eigenvalue weighted by Gasteiger charge is 2.26. The van der Waals surface area contributed by atoms with Crippen molar-refractivity contribution in [3.8, 4) is 0 Å². The first-order valence-corrected chi connectivity index (χ1v) is 9.12. The fourth-order valence-electron chi connectivity index (χ4n) is 3.91. The summed E-state index contributed by atoms with van der Waals surface area (Å²) in [5.41, 5.74) is 9.89. The maximum absolute atomic E-state index is 6.38. The molecule has 4 rings (SSSR count). The van der Waals surface area contributed by atoms with E-state index in [1.807, 2.05) is 16.9 Å². The summed E-state index contributed by atoms with van der Waals surface area (Å²) in [4.78, 5) is 0. The van der Waals surface area contributed by atoms with Crippen molar-refractivity contribution in [2.75, 3.05) is 13.2 Å². The van der Waals surface area contributed by atoms with E-state index >= 15 is 0 Å². The van der Waals surface area contributed by atoms with Gasteiger partial charge in [-0.15, -0.1) is 5.10 Å². The summed E-state index contributed by atoms with van der Waals surface area (Å²) in [5.74, 6) is 0.633. The van der Waals surface area contributed by atoms with Crippen LogP contribution < -0.4 is 5.73 Å². The predicted octanol–water partition coefficient (Wildman–Crippen LogP) is 3.28. The van der Waals surface area contributed by atoms with E-state index in [1.54, 1.807) is 0 Å². The molecule has 1 aliphatic carbocycles. The molecule has 0 bridgehead atoms. The van der Waals surface area contributed by atoms with Gasteiger partial charge in [-0.25, -0.2) is 4.68 Å². The molecule has 1 unspecified atom stereocenters. The van der Waals surface area contributed by atoms with Gasteiger partial charge in [0.05, 0.1) is 24.0 Å². The molecule has 1 aliphatic heterocycles. The van der Waals surface area contributed by atoms with Gasteiger partial charge in [0.25, 0.3) is 0 Å². The molecule has 6 heteroatoms. The second-order valence-corrected chi connectivity index (χ2v) is 7.36. The van der Waals surface area contributed by atoms with E-state index in [0.29, 0.717) is 5.92 Å². The topological polar surface area (TPSA) is 66.0 Å². The Kier molecular flexibility index (Phi) is 4.57. The third kappa shape index (κ3) is 3.21. The van der Waals surface area contributed by atoms with Crippen molar-refractivity contribution in [2.45, 2.75) is 44.2 Å². The Morgan fingerprint density at radius 3 is 2.96 bits per heavy atom. The van der Waals surface area contributed by atoms with Gasteiger partial charge in [-0.3, -0.25) is 0 Å². The van der Waals surface area contributed by atoms with Crippen LogP contribution >= 0.6 is 11.6 Å².